The average molecular weight is 280 g/mol. The fourth-order valence-corrected chi connectivity index (χ4v) is 1.98. The Kier molecular flexibility index (Phi) is 6.87. The molecule has 0 saturated carbocycles. The summed E-state index contributed by atoms with van der Waals surface area (Å²) >= 11 is 0. The maximum Gasteiger partial charge on any atom is 0.254 e. The van der Waals surface area contributed by atoms with Gasteiger partial charge in [0.15, 0.2) is 0 Å². The highest BCUT2D eigenvalue weighted by Crippen LogP contribution is 2.23. The van der Waals surface area contributed by atoms with Gasteiger partial charge in [-0.15, -0.1) is 0 Å². The zero-order valence-electron chi connectivity index (χ0n) is 12.5. The van der Waals surface area contributed by atoms with Gasteiger partial charge in [0, 0.05) is 24.7 Å². The van der Waals surface area contributed by atoms with E-state index in [4.69, 9.17) is 15.2 Å². The molecule has 0 radical (unpaired) electrons. The van der Waals surface area contributed by atoms with Gasteiger partial charge in [-0.2, -0.15) is 0 Å². The number of nitrogens with two attached hydrogens (primary N) is 1. The van der Waals surface area contributed by atoms with Crippen LogP contribution in [0.1, 0.15) is 30.1 Å². The number of hydrogen-bond donors (Lipinski definition) is 1. The van der Waals surface area contributed by atoms with E-state index in [-0.39, 0.29) is 5.91 Å². The molecule has 20 heavy (non-hydrogen) atoms. The molecule has 1 rings (SSSR count). The van der Waals surface area contributed by atoms with Crippen LogP contribution in [0.25, 0.3) is 0 Å². The summed E-state index contributed by atoms with van der Waals surface area (Å²) in [5.74, 6) is 1.21. The molecule has 0 aliphatic carbocycles. The van der Waals surface area contributed by atoms with Crippen LogP contribution in [-0.2, 0) is 0 Å². The number of amides is 1. The Hall–Kier alpha value is -1.75. The number of benzene rings is 1. The first kappa shape index (κ1) is 16.3. The van der Waals surface area contributed by atoms with Crippen molar-refractivity contribution < 1.29 is 14.3 Å². The van der Waals surface area contributed by atoms with Crippen LogP contribution in [0.3, 0.4) is 0 Å². The van der Waals surface area contributed by atoms with Crippen molar-refractivity contribution >= 4 is 5.91 Å². The zero-order valence-corrected chi connectivity index (χ0v) is 12.5. The molecule has 0 aliphatic heterocycles. The Morgan fingerprint density at radius 1 is 1.15 bits per heavy atom. The van der Waals surface area contributed by atoms with E-state index in [1.807, 2.05) is 4.90 Å². The van der Waals surface area contributed by atoms with E-state index in [9.17, 15) is 4.79 Å². The average Bonchev–Trinajstić information content (AvgIpc) is 2.50. The predicted molar refractivity (Wildman–Crippen MR) is 79.4 cm³/mol. The van der Waals surface area contributed by atoms with Crippen LogP contribution >= 0.6 is 0 Å². The minimum Gasteiger partial charge on any atom is -0.497 e. The number of methoxy groups -OCH3 is 2. The molecule has 2 N–H and O–H groups in total. The lowest BCUT2D eigenvalue weighted by Gasteiger charge is -2.22. The third-order valence-corrected chi connectivity index (χ3v) is 3.01. The third kappa shape index (κ3) is 4.42. The van der Waals surface area contributed by atoms with Crippen molar-refractivity contribution in [3.8, 4) is 11.5 Å². The Morgan fingerprint density at radius 2 is 1.75 bits per heavy atom. The van der Waals surface area contributed by atoms with Crippen LogP contribution in [0, 0.1) is 0 Å². The highest BCUT2D eigenvalue weighted by molar-refractivity contribution is 5.95. The predicted octanol–water partition coefficient (Wildman–Crippen LogP) is 1.90. The molecule has 0 unspecified atom stereocenters. The largest absolute Gasteiger partial charge is 0.497 e. The molecule has 0 saturated heterocycles. The maximum atomic E-state index is 12.6. The SMILES string of the molecule is CCCN(CCCN)C(=O)c1cc(OC)cc(OC)c1. The summed E-state index contributed by atoms with van der Waals surface area (Å²) in [6.07, 6.45) is 1.71. The summed E-state index contributed by atoms with van der Waals surface area (Å²) in [4.78, 5) is 14.4. The van der Waals surface area contributed by atoms with Crippen molar-refractivity contribution in [1.29, 1.82) is 0 Å². The second-order valence-electron chi connectivity index (χ2n) is 4.54. The van der Waals surface area contributed by atoms with Gasteiger partial charge in [-0.3, -0.25) is 4.79 Å². The number of carbonyl (C=O) groups excluding carboxylic acids is 1. The fourth-order valence-electron chi connectivity index (χ4n) is 1.98. The van der Waals surface area contributed by atoms with E-state index in [1.54, 1.807) is 32.4 Å². The smallest absolute Gasteiger partial charge is 0.254 e. The van der Waals surface area contributed by atoms with Crippen LogP contribution in [0.4, 0.5) is 0 Å². The molecule has 5 nitrogen and oxygen atoms in total. The van der Waals surface area contributed by atoms with E-state index < -0.39 is 0 Å². The molecular weight excluding hydrogens is 256 g/mol. The first-order chi connectivity index (χ1) is 9.65. The van der Waals surface area contributed by atoms with Crippen LogP contribution < -0.4 is 15.2 Å². The molecule has 5 heteroatoms. The Bertz CT molecular complexity index is 413. The van der Waals surface area contributed by atoms with Crippen molar-refractivity contribution in [3.63, 3.8) is 0 Å². The zero-order chi connectivity index (χ0) is 15.0. The van der Waals surface area contributed by atoms with E-state index in [0.29, 0.717) is 30.2 Å². The fraction of sp³-hybridized carbons (Fsp3) is 0.533. The summed E-state index contributed by atoms with van der Waals surface area (Å²) in [6.45, 7) is 4.02. The van der Waals surface area contributed by atoms with Gasteiger partial charge in [0.1, 0.15) is 11.5 Å². The molecule has 0 fully saturated rings. The number of ether oxygens (including phenoxy) is 2. The van der Waals surface area contributed by atoms with E-state index in [2.05, 4.69) is 6.92 Å². The second-order valence-corrected chi connectivity index (χ2v) is 4.54. The quantitative estimate of drug-likeness (QED) is 0.790. The molecule has 0 atom stereocenters. The van der Waals surface area contributed by atoms with Crippen molar-refractivity contribution in [3.05, 3.63) is 23.8 Å². The first-order valence-electron chi connectivity index (χ1n) is 6.88. The molecule has 1 amide bonds. The lowest BCUT2D eigenvalue weighted by atomic mass is 10.1. The number of rotatable bonds is 8. The normalized spacial score (nSPS) is 10.2. The van der Waals surface area contributed by atoms with Gasteiger partial charge in [-0.1, -0.05) is 6.92 Å². The molecule has 0 heterocycles. The van der Waals surface area contributed by atoms with Gasteiger partial charge in [-0.25, -0.2) is 0 Å². The Balaban J connectivity index is 2.97. The molecule has 0 bridgehead atoms. The summed E-state index contributed by atoms with van der Waals surface area (Å²) in [6, 6.07) is 5.22. The van der Waals surface area contributed by atoms with E-state index >= 15 is 0 Å². The summed E-state index contributed by atoms with van der Waals surface area (Å²) in [5.41, 5.74) is 6.10. The van der Waals surface area contributed by atoms with Crippen molar-refractivity contribution in [2.24, 2.45) is 5.73 Å². The van der Waals surface area contributed by atoms with Crippen LogP contribution in [0.2, 0.25) is 0 Å². The summed E-state index contributed by atoms with van der Waals surface area (Å²) in [7, 11) is 3.14. The lowest BCUT2D eigenvalue weighted by Crippen LogP contribution is -2.33. The molecule has 0 aliphatic rings. The lowest BCUT2D eigenvalue weighted by molar-refractivity contribution is 0.0754. The van der Waals surface area contributed by atoms with Crippen LogP contribution in [-0.4, -0.2) is 44.7 Å². The molecule has 112 valence electrons. The highest BCUT2D eigenvalue weighted by Gasteiger charge is 2.16. The first-order valence-corrected chi connectivity index (χ1v) is 6.88. The van der Waals surface area contributed by atoms with Gasteiger partial charge in [0.2, 0.25) is 0 Å². The molecule has 0 spiro atoms. The van der Waals surface area contributed by atoms with Crippen molar-refractivity contribution in [1.82, 2.24) is 4.90 Å². The molecule has 0 aromatic heterocycles. The number of carbonyl (C=O) groups is 1. The minimum atomic E-state index is -0.0162. The third-order valence-electron chi connectivity index (χ3n) is 3.01. The Morgan fingerprint density at radius 3 is 2.20 bits per heavy atom. The van der Waals surface area contributed by atoms with Gasteiger partial charge < -0.3 is 20.1 Å². The van der Waals surface area contributed by atoms with Gasteiger partial charge in [0.25, 0.3) is 5.91 Å². The Labute approximate surface area is 120 Å². The van der Waals surface area contributed by atoms with Gasteiger partial charge >= 0.3 is 0 Å². The van der Waals surface area contributed by atoms with E-state index in [0.717, 1.165) is 19.4 Å². The van der Waals surface area contributed by atoms with Gasteiger partial charge in [0.05, 0.1) is 14.2 Å². The maximum absolute atomic E-state index is 12.6. The summed E-state index contributed by atoms with van der Waals surface area (Å²) < 4.78 is 10.4. The molecular formula is C15H24N2O3. The topological polar surface area (TPSA) is 64.8 Å². The van der Waals surface area contributed by atoms with Crippen molar-refractivity contribution in [2.75, 3.05) is 33.9 Å². The second kappa shape index (κ2) is 8.43. The van der Waals surface area contributed by atoms with Crippen LogP contribution in [0.15, 0.2) is 18.2 Å². The minimum absolute atomic E-state index is 0.0162. The highest BCUT2D eigenvalue weighted by atomic mass is 16.5. The molecule has 1 aromatic rings. The summed E-state index contributed by atoms with van der Waals surface area (Å²) in [5, 5.41) is 0. The standard InChI is InChI=1S/C15H24N2O3/c1-4-7-17(8-5-6-16)15(18)12-9-13(19-2)11-14(10-12)20-3/h9-11H,4-8,16H2,1-3H3. The van der Waals surface area contributed by atoms with Crippen LogP contribution in [0.5, 0.6) is 11.5 Å². The number of nitrogens with zero attached hydrogens (tertiary/aromatic N) is 1. The van der Waals surface area contributed by atoms with Gasteiger partial charge in [-0.05, 0) is 31.5 Å². The monoisotopic (exact) mass is 280 g/mol. The van der Waals surface area contributed by atoms with E-state index in [1.165, 1.54) is 0 Å². The molecule has 1 aromatic carbocycles. The van der Waals surface area contributed by atoms with Crippen molar-refractivity contribution in [2.45, 2.75) is 19.8 Å². The number of hydrogen-bond acceptors (Lipinski definition) is 4.